The number of aromatic nitrogens is 2. The lowest BCUT2D eigenvalue weighted by Gasteiger charge is -2.28. The number of methoxy groups -OCH3 is 1. The van der Waals surface area contributed by atoms with Crippen LogP contribution in [0, 0.1) is 13.8 Å². The number of thiocarbonyl (C=S) groups is 1. The summed E-state index contributed by atoms with van der Waals surface area (Å²) in [5.41, 5.74) is 5.29. The first-order valence-electron chi connectivity index (χ1n) is 11.6. The minimum atomic E-state index is -0.220. The third kappa shape index (κ3) is 4.32. The molecule has 9 heteroatoms. The largest absolute Gasteiger partial charge is 0.469 e. The lowest BCUT2D eigenvalue weighted by molar-refractivity contribution is -0.140. The molecular formula is C26H28N4O4S. The molecule has 2 atom stereocenters. The van der Waals surface area contributed by atoms with Crippen molar-refractivity contribution >= 4 is 23.3 Å². The van der Waals surface area contributed by atoms with E-state index in [4.69, 9.17) is 26.4 Å². The van der Waals surface area contributed by atoms with E-state index in [1.54, 1.807) is 6.20 Å². The standard InChI is InChI=1S/C26H28N4O4S/c1-16-13-19(17(2)30(16)18-9-10-21-22(14-18)34-15-33-21)25-24(20-7-4-5-11-27-20)28-26(35)29(25)12-6-8-23(31)32-3/h4-5,7,9-11,13-14,24-25H,6,8,12,15H2,1-3H3,(H,28,35)/t24-,25-/m1/s1. The molecule has 5 rings (SSSR count). The molecule has 0 unspecified atom stereocenters. The Morgan fingerprint density at radius 1 is 1.20 bits per heavy atom. The van der Waals surface area contributed by atoms with Crippen LogP contribution < -0.4 is 14.8 Å². The fraction of sp³-hybridized carbons (Fsp3) is 0.346. The summed E-state index contributed by atoms with van der Waals surface area (Å²) in [5.74, 6) is 1.28. The van der Waals surface area contributed by atoms with Gasteiger partial charge in [-0.25, -0.2) is 0 Å². The molecule has 1 saturated heterocycles. The highest BCUT2D eigenvalue weighted by Crippen LogP contribution is 2.42. The summed E-state index contributed by atoms with van der Waals surface area (Å²) in [6.07, 6.45) is 2.78. The lowest BCUT2D eigenvalue weighted by Crippen LogP contribution is -2.31. The van der Waals surface area contributed by atoms with E-state index in [-0.39, 0.29) is 24.8 Å². The summed E-state index contributed by atoms with van der Waals surface area (Å²) < 4.78 is 18.1. The molecule has 0 radical (unpaired) electrons. The van der Waals surface area contributed by atoms with Gasteiger partial charge < -0.3 is 29.0 Å². The maximum atomic E-state index is 11.7. The van der Waals surface area contributed by atoms with Crippen LogP contribution in [0.15, 0.2) is 48.7 Å². The Morgan fingerprint density at radius 2 is 2.03 bits per heavy atom. The molecular weight excluding hydrogens is 464 g/mol. The Kier molecular flexibility index (Phi) is 6.34. The zero-order chi connectivity index (χ0) is 24.5. The zero-order valence-electron chi connectivity index (χ0n) is 20.0. The number of ether oxygens (including phenoxy) is 3. The van der Waals surface area contributed by atoms with Gasteiger partial charge in [0.25, 0.3) is 0 Å². The average molecular weight is 493 g/mol. The molecule has 2 aliphatic heterocycles. The van der Waals surface area contributed by atoms with E-state index in [0.29, 0.717) is 24.5 Å². The number of nitrogens with one attached hydrogen (secondary N) is 1. The molecule has 182 valence electrons. The van der Waals surface area contributed by atoms with Crippen molar-refractivity contribution in [3.8, 4) is 17.2 Å². The Bertz CT molecular complexity index is 1260. The second-order valence-corrected chi connectivity index (χ2v) is 9.09. The Balaban J connectivity index is 1.53. The fourth-order valence-corrected chi connectivity index (χ4v) is 5.32. The smallest absolute Gasteiger partial charge is 0.305 e. The highest BCUT2D eigenvalue weighted by Gasteiger charge is 2.41. The van der Waals surface area contributed by atoms with Gasteiger partial charge >= 0.3 is 5.97 Å². The third-order valence-electron chi connectivity index (χ3n) is 6.61. The number of carbonyl (C=O) groups excluding carboxylic acids is 1. The molecule has 0 spiro atoms. The van der Waals surface area contributed by atoms with Gasteiger partial charge in [0.05, 0.1) is 24.9 Å². The number of carbonyl (C=O) groups is 1. The summed E-state index contributed by atoms with van der Waals surface area (Å²) in [6, 6.07) is 13.9. The fourth-order valence-electron chi connectivity index (χ4n) is 4.99. The van der Waals surface area contributed by atoms with E-state index in [0.717, 1.165) is 39.8 Å². The second-order valence-electron chi connectivity index (χ2n) is 8.70. The molecule has 35 heavy (non-hydrogen) atoms. The Morgan fingerprint density at radius 3 is 2.80 bits per heavy atom. The quantitative estimate of drug-likeness (QED) is 0.390. The number of rotatable bonds is 7. The molecule has 0 saturated carbocycles. The predicted octanol–water partition coefficient (Wildman–Crippen LogP) is 4.14. The molecule has 3 aromatic rings. The SMILES string of the molecule is COC(=O)CCCN1C(=S)N[C@H](c2ccccn2)[C@H]1c1cc(C)n(-c2ccc3c(c2)OCO3)c1C. The molecule has 1 N–H and O–H groups in total. The van der Waals surface area contributed by atoms with Crippen molar-refractivity contribution in [2.75, 3.05) is 20.4 Å². The highest BCUT2D eigenvalue weighted by molar-refractivity contribution is 7.80. The van der Waals surface area contributed by atoms with E-state index in [9.17, 15) is 4.79 Å². The molecule has 0 aliphatic carbocycles. The predicted molar refractivity (Wildman–Crippen MR) is 135 cm³/mol. The van der Waals surface area contributed by atoms with Crippen LogP contribution in [-0.4, -0.2) is 46.0 Å². The summed E-state index contributed by atoms with van der Waals surface area (Å²) in [5, 5.41) is 4.14. The molecule has 0 bridgehead atoms. The molecule has 0 amide bonds. The zero-order valence-corrected chi connectivity index (χ0v) is 20.8. The average Bonchev–Trinajstić information content (AvgIpc) is 3.54. The number of nitrogens with zero attached hydrogens (tertiary/aromatic N) is 3. The number of aryl methyl sites for hydroxylation is 1. The van der Waals surface area contributed by atoms with Crippen LogP contribution in [0.4, 0.5) is 0 Å². The molecule has 2 aliphatic rings. The van der Waals surface area contributed by atoms with Crippen LogP contribution in [-0.2, 0) is 9.53 Å². The van der Waals surface area contributed by atoms with Gasteiger partial charge in [-0.05, 0) is 68.4 Å². The van der Waals surface area contributed by atoms with E-state index in [1.165, 1.54) is 7.11 Å². The van der Waals surface area contributed by atoms with Crippen molar-refractivity contribution in [3.63, 3.8) is 0 Å². The number of hydrogen-bond acceptors (Lipinski definition) is 6. The summed E-state index contributed by atoms with van der Waals surface area (Å²) >= 11 is 5.77. The van der Waals surface area contributed by atoms with Crippen molar-refractivity contribution in [2.45, 2.75) is 38.8 Å². The van der Waals surface area contributed by atoms with Gasteiger partial charge in [-0.2, -0.15) is 0 Å². The van der Waals surface area contributed by atoms with Crippen molar-refractivity contribution in [2.24, 2.45) is 0 Å². The van der Waals surface area contributed by atoms with Crippen molar-refractivity contribution in [3.05, 3.63) is 71.3 Å². The summed E-state index contributed by atoms with van der Waals surface area (Å²) in [7, 11) is 1.41. The van der Waals surface area contributed by atoms with Crippen LogP contribution in [0.1, 0.15) is 47.6 Å². The maximum absolute atomic E-state index is 11.7. The molecule has 1 aromatic carbocycles. The highest BCUT2D eigenvalue weighted by atomic mass is 32.1. The van der Waals surface area contributed by atoms with Gasteiger partial charge in [0, 0.05) is 42.3 Å². The number of fused-ring (bicyclic) bond motifs is 1. The molecule has 1 fully saturated rings. The second kappa shape index (κ2) is 9.58. The van der Waals surface area contributed by atoms with Crippen molar-refractivity contribution < 1.29 is 19.0 Å². The number of benzene rings is 1. The molecule has 8 nitrogen and oxygen atoms in total. The van der Waals surface area contributed by atoms with Gasteiger partial charge in [0.1, 0.15) is 0 Å². The van der Waals surface area contributed by atoms with Crippen molar-refractivity contribution in [1.29, 1.82) is 0 Å². The van der Waals surface area contributed by atoms with Gasteiger partial charge in [-0.15, -0.1) is 0 Å². The number of hydrogen-bond donors (Lipinski definition) is 1. The van der Waals surface area contributed by atoms with Gasteiger partial charge in [0.15, 0.2) is 16.6 Å². The molecule has 2 aromatic heterocycles. The van der Waals surface area contributed by atoms with Gasteiger partial charge in [0.2, 0.25) is 6.79 Å². The monoisotopic (exact) mass is 492 g/mol. The Labute approximate surface area is 209 Å². The van der Waals surface area contributed by atoms with Gasteiger partial charge in [-0.3, -0.25) is 9.78 Å². The molecule has 4 heterocycles. The van der Waals surface area contributed by atoms with E-state index < -0.39 is 0 Å². The summed E-state index contributed by atoms with van der Waals surface area (Å²) in [6.45, 7) is 5.09. The number of pyridine rings is 1. The first kappa shape index (κ1) is 23.2. The Hall–Kier alpha value is -3.59. The number of esters is 1. The van der Waals surface area contributed by atoms with Crippen molar-refractivity contribution in [1.82, 2.24) is 19.8 Å². The lowest BCUT2D eigenvalue weighted by atomic mass is 9.96. The topological polar surface area (TPSA) is 77.9 Å². The van der Waals surface area contributed by atoms with Gasteiger partial charge in [-0.1, -0.05) is 6.07 Å². The third-order valence-corrected chi connectivity index (χ3v) is 6.96. The first-order chi connectivity index (χ1) is 17.0. The van der Waals surface area contributed by atoms with Crippen LogP contribution in [0.3, 0.4) is 0 Å². The summed E-state index contributed by atoms with van der Waals surface area (Å²) in [4.78, 5) is 18.5. The van der Waals surface area contributed by atoms with Crippen LogP contribution in [0.2, 0.25) is 0 Å². The maximum Gasteiger partial charge on any atom is 0.305 e. The normalized spacial score (nSPS) is 18.6. The first-order valence-corrected chi connectivity index (χ1v) is 12.0. The van der Waals surface area contributed by atoms with Crippen LogP contribution >= 0.6 is 12.2 Å². The van der Waals surface area contributed by atoms with Crippen LogP contribution in [0.5, 0.6) is 11.5 Å². The van der Waals surface area contributed by atoms with E-state index in [2.05, 4.69) is 39.7 Å². The minimum absolute atomic E-state index is 0.0796. The van der Waals surface area contributed by atoms with Crippen LogP contribution in [0.25, 0.3) is 5.69 Å². The van der Waals surface area contributed by atoms with E-state index >= 15 is 0 Å². The minimum Gasteiger partial charge on any atom is -0.469 e. The van der Waals surface area contributed by atoms with E-state index in [1.807, 2.05) is 36.4 Å².